The summed E-state index contributed by atoms with van der Waals surface area (Å²) in [6.07, 6.45) is 1.66. The Morgan fingerprint density at radius 1 is 1.08 bits per heavy atom. The fraction of sp³-hybridized carbons (Fsp3) is 0.111. The number of anilines is 2. The van der Waals surface area contributed by atoms with Crippen LogP contribution in [0.25, 0.3) is 22.6 Å². The lowest BCUT2D eigenvalue weighted by molar-refractivity contribution is 0.589. The zero-order chi connectivity index (χ0) is 18.3. The number of pyridine rings is 1. The van der Waals surface area contributed by atoms with Crippen molar-refractivity contribution < 1.29 is 4.39 Å². The van der Waals surface area contributed by atoms with Gasteiger partial charge in [-0.05, 0) is 25.1 Å². The molecule has 3 aromatic heterocycles. The van der Waals surface area contributed by atoms with Crippen molar-refractivity contribution in [2.45, 2.75) is 13.5 Å². The summed E-state index contributed by atoms with van der Waals surface area (Å²) in [6.45, 7) is 2.00. The van der Waals surface area contributed by atoms with E-state index in [1.54, 1.807) is 42.1 Å². The monoisotopic (exact) mass is 349 g/mol. The lowest BCUT2D eigenvalue weighted by Gasteiger charge is -2.05. The van der Waals surface area contributed by atoms with E-state index in [1.807, 2.05) is 6.07 Å². The van der Waals surface area contributed by atoms with Crippen LogP contribution in [0.5, 0.6) is 0 Å². The number of nitrogen functional groups attached to an aromatic ring is 2. The number of benzene rings is 1. The Labute approximate surface area is 148 Å². The zero-order valence-electron chi connectivity index (χ0n) is 14.0. The summed E-state index contributed by atoms with van der Waals surface area (Å²) in [5.41, 5.74) is 14.3. The summed E-state index contributed by atoms with van der Waals surface area (Å²) in [6, 6.07) is 10.2. The van der Waals surface area contributed by atoms with Crippen LogP contribution < -0.4 is 11.5 Å². The van der Waals surface area contributed by atoms with Gasteiger partial charge in [0.1, 0.15) is 11.5 Å². The molecule has 0 unspecified atom stereocenters. The average Bonchev–Trinajstić information content (AvgIpc) is 3.00. The third-order valence-electron chi connectivity index (χ3n) is 4.16. The number of hydrogen-bond acceptors (Lipinski definition) is 6. The maximum absolute atomic E-state index is 14.0. The van der Waals surface area contributed by atoms with Gasteiger partial charge in [-0.2, -0.15) is 5.10 Å². The van der Waals surface area contributed by atoms with Crippen molar-refractivity contribution in [3.05, 3.63) is 59.7 Å². The lowest BCUT2D eigenvalue weighted by Crippen LogP contribution is -2.06. The molecule has 4 N–H and O–H groups in total. The van der Waals surface area contributed by atoms with Gasteiger partial charge in [-0.3, -0.25) is 0 Å². The van der Waals surface area contributed by atoms with Gasteiger partial charge >= 0.3 is 0 Å². The molecule has 1 aromatic carbocycles. The Morgan fingerprint density at radius 3 is 2.65 bits per heavy atom. The predicted octanol–water partition coefficient (Wildman–Crippen LogP) is 2.55. The maximum Gasteiger partial charge on any atom is 0.183 e. The minimum Gasteiger partial charge on any atom is -0.394 e. The molecule has 0 aliphatic rings. The minimum atomic E-state index is -0.294. The molecule has 130 valence electrons. The van der Waals surface area contributed by atoms with Gasteiger partial charge in [-0.1, -0.05) is 18.2 Å². The number of hydrogen-bond donors (Lipinski definition) is 2. The van der Waals surface area contributed by atoms with E-state index in [0.717, 1.165) is 5.39 Å². The maximum atomic E-state index is 14.0. The molecular weight excluding hydrogens is 333 g/mol. The van der Waals surface area contributed by atoms with Gasteiger partial charge in [-0.15, -0.1) is 0 Å². The van der Waals surface area contributed by atoms with Crippen LogP contribution in [-0.4, -0.2) is 24.7 Å². The Balaban J connectivity index is 1.89. The lowest BCUT2D eigenvalue weighted by atomic mass is 10.2. The average molecular weight is 349 g/mol. The number of rotatable bonds is 3. The smallest absolute Gasteiger partial charge is 0.183 e. The molecule has 0 saturated heterocycles. The highest BCUT2D eigenvalue weighted by Gasteiger charge is 2.18. The molecule has 0 aliphatic carbocycles. The summed E-state index contributed by atoms with van der Waals surface area (Å²) in [7, 11) is 0. The molecule has 3 heterocycles. The molecule has 0 radical (unpaired) electrons. The van der Waals surface area contributed by atoms with E-state index in [9.17, 15) is 4.39 Å². The van der Waals surface area contributed by atoms with Gasteiger partial charge in [0.2, 0.25) is 0 Å². The summed E-state index contributed by atoms with van der Waals surface area (Å²) < 4.78 is 15.7. The van der Waals surface area contributed by atoms with Crippen molar-refractivity contribution in [3.8, 4) is 11.5 Å². The van der Waals surface area contributed by atoms with Crippen molar-refractivity contribution in [3.63, 3.8) is 0 Å². The summed E-state index contributed by atoms with van der Waals surface area (Å²) >= 11 is 0. The summed E-state index contributed by atoms with van der Waals surface area (Å²) in [5.74, 6) is 0.269. The van der Waals surface area contributed by atoms with Gasteiger partial charge in [0, 0.05) is 11.8 Å². The summed E-state index contributed by atoms with van der Waals surface area (Å²) in [5, 5.41) is 5.33. The predicted molar refractivity (Wildman–Crippen MR) is 97.6 cm³/mol. The normalized spacial score (nSPS) is 11.2. The topological polar surface area (TPSA) is 109 Å². The first kappa shape index (κ1) is 15.9. The fourth-order valence-electron chi connectivity index (χ4n) is 2.78. The molecule has 4 aromatic rings. The van der Waals surface area contributed by atoms with Crippen LogP contribution in [0.2, 0.25) is 0 Å². The van der Waals surface area contributed by atoms with Crippen LogP contribution in [0.1, 0.15) is 11.3 Å². The molecule has 0 amide bonds. The SMILES string of the molecule is Cc1nc(-c2nn(Cc3ccccc3F)c3ncccc23)nc(N)c1N. The van der Waals surface area contributed by atoms with Gasteiger partial charge in [-0.25, -0.2) is 24.0 Å². The Morgan fingerprint density at radius 2 is 1.88 bits per heavy atom. The molecule has 4 rings (SSSR count). The van der Waals surface area contributed by atoms with Crippen molar-refractivity contribution in [2.24, 2.45) is 0 Å². The van der Waals surface area contributed by atoms with Crippen LogP contribution in [0, 0.1) is 12.7 Å². The van der Waals surface area contributed by atoms with Crippen LogP contribution >= 0.6 is 0 Å². The molecule has 8 heteroatoms. The van der Waals surface area contributed by atoms with Crippen molar-refractivity contribution in [2.75, 3.05) is 11.5 Å². The highest BCUT2D eigenvalue weighted by atomic mass is 19.1. The van der Waals surface area contributed by atoms with Crippen LogP contribution in [0.3, 0.4) is 0 Å². The minimum absolute atomic E-state index is 0.202. The first-order valence-electron chi connectivity index (χ1n) is 7.99. The first-order chi connectivity index (χ1) is 12.5. The zero-order valence-corrected chi connectivity index (χ0v) is 14.0. The van der Waals surface area contributed by atoms with Crippen molar-refractivity contribution in [1.29, 1.82) is 0 Å². The van der Waals surface area contributed by atoms with Gasteiger partial charge < -0.3 is 11.5 Å². The van der Waals surface area contributed by atoms with E-state index in [0.29, 0.717) is 34.1 Å². The van der Waals surface area contributed by atoms with E-state index in [4.69, 9.17) is 11.5 Å². The second-order valence-electron chi connectivity index (χ2n) is 5.90. The Bertz CT molecular complexity index is 1100. The van der Waals surface area contributed by atoms with E-state index in [-0.39, 0.29) is 18.2 Å². The van der Waals surface area contributed by atoms with Crippen LogP contribution in [0.4, 0.5) is 15.9 Å². The number of halogens is 1. The molecular formula is C18H16FN7. The molecule has 0 atom stereocenters. The number of fused-ring (bicyclic) bond motifs is 1. The molecule has 0 fully saturated rings. The van der Waals surface area contributed by atoms with E-state index >= 15 is 0 Å². The highest BCUT2D eigenvalue weighted by Crippen LogP contribution is 2.27. The number of nitrogens with two attached hydrogens (primary N) is 2. The third-order valence-corrected chi connectivity index (χ3v) is 4.16. The molecule has 0 saturated carbocycles. The summed E-state index contributed by atoms with van der Waals surface area (Å²) in [4.78, 5) is 13.0. The highest BCUT2D eigenvalue weighted by molar-refractivity contribution is 5.89. The first-order valence-corrected chi connectivity index (χ1v) is 7.99. The van der Waals surface area contributed by atoms with Gasteiger partial charge in [0.15, 0.2) is 17.3 Å². The Hall–Kier alpha value is -3.55. The Kier molecular flexibility index (Phi) is 3.72. The number of aryl methyl sites for hydroxylation is 1. The number of aromatic nitrogens is 5. The molecule has 0 bridgehead atoms. The van der Waals surface area contributed by atoms with Gasteiger partial charge in [0.25, 0.3) is 0 Å². The van der Waals surface area contributed by atoms with Crippen molar-refractivity contribution >= 4 is 22.5 Å². The quantitative estimate of drug-likeness (QED) is 0.588. The van der Waals surface area contributed by atoms with E-state index in [1.165, 1.54) is 6.07 Å². The van der Waals surface area contributed by atoms with Crippen LogP contribution in [-0.2, 0) is 6.54 Å². The largest absolute Gasteiger partial charge is 0.394 e. The van der Waals surface area contributed by atoms with Crippen molar-refractivity contribution in [1.82, 2.24) is 24.7 Å². The molecule has 26 heavy (non-hydrogen) atoms. The van der Waals surface area contributed by atoms with E-state index < -0.39 is 0 Å². The second-order valence-corrected chi connectivity index (χ2v) is 5.90. The standard InChI is InChI=1S/C18H16FN7/c1-10-14(20)16(21)24-17(23-10)15-12-6-4-8-22-18(12)26(25-15)9-11-5-2-3-7-13(11)19/h2-8H,9,20H2,1H3,(H2,21,23,24). The third kappa shape index (κ3) is 2.61. The van der Waals surface area contributed by atoms with Crippen LogP contribution in [0.15, 0.2) is 42.6 Å². The second kappa shape index (κ2) is 6.07. The number of nitrogens with zero attached hydrogens (tertiary/aromatic N) is 5. The van der Waals surface area contributed by atoms with E-state index in [2.05, 4.69) is 20.1 Å². The van der Waals surface area contributed by atoms with Gasteiger partial charge in [0.05, 0.1) is 23.3 Å². The molecule has 7 nitrogen and oxygen atoms in total. The molecule has 0 aliphatic heterocycles. The molecule has 0 spiro atoms. The fourth-order valence-corrected chi connectivity index (χ4v) is 2.78.